The smallest absolute Gasteiger partial charge is 0.387 e. The van der Waals surface area contributed by atoms with Crippen LogP contribution in [0.4, 0.5) is 8.78 Å². The summed E-state index contributed by atoms with van der Waals surface area (Å²) >= 11 is 0. The van der Waals surface area contributed by atoms with Crippen LogP contribution < -0.4 is 10.1 Å². The fourth-order valence-electron chi connectivity index (χ4n) is 4.82. The maximum absolute atomic E-state index is 13.5. The molecule has 3 saturated heterocycles. The first-order valence-electron chi connectivity index (χ1n) is 10.3. The maximum atomic E-state index is 13.5. The first kappa shape index (κ1) is 21.0. The van der Waals surface area contributed by atoms with Crippen molar-refractivity contribution in [2.75, 3.05) is 26.2 Å². The van der Waals surface area contributed by atoms with Crippen LogP contribution in [0.5, 0.6) is 5.75 Å². The molecule has 3 aliphatic heterocycles. The summed E-state index contributed by atoms with van der Waals surface area (Å²) in [4.78, 5) is 2.36. The van der Waals surface area contributed by atoms with Crippen LogP contribution in [-0.4, -0.2) is 63.2 Å². The van der Waals surface area contributed by atoms with E-state index in [1.54, 1.807) is 0 Å². The van der Waals surface area contributed by atoms with Crippen LogP contribution >= 0.6 is 0 Å². The lowest BCUT2D eigenvalue weighted by Gasteiger charge is -2.35. The van der Waals surface area contributed by atoms with Crippen molar-refractivity contribution in [1.29, 1.82) is 0 Å². The van der Waals surface area contributed by atoms with Gasteiger partial charge in [-0.15, -0.1) is 0 Å². The molecule has 0 aromatic heterocycles. The van der Waals surface area contributed by atoms with Gasteiger partial charge >= 0.3 is 6.61 Å². The average Bonchev–Trinajstić information content (AvgIpc) is 3.09. The number of likely N-dealkylation sites (tertiary alicyclic amines) is 1. The highest BCUT2D eigenvalue weighted by atomic mass is 32.2. The van der Waals surface area contributed by atoms with E-state index in [2.05, 4.69) is 15.0 Å². The van der Waals surface area contributed by atoms with E-state index in [-0.39, 0.29) is 16.7 Å². The molecule has 2 unspecified atom stereocenters. The molecule has 3 aliphatic rings. The largest absolute Gasteiger partial charge is 0.435 e. The molecule has 1 aromatic rings. The minimum Gasteiger partial charge on any atom is -0.435 e. The molecule has 0 bridgehead atoms. The standard InChI is InChI=1S/C20H28F2N2O4S/c21-19(22)27-15-4-6-16(7-5-15)29(25,26)18-17(24-12-2-1-3-13-24)14-20(28-18)8-10-23-11-9-20/h4-7,17-19,23H,1-3,8-14H2. The van der Waals surface area contributed by atoms with Crippen LogP contribution in [0.15, 0.2) is 29.2 Å². The minimum absolute atomic E-state index is 0.0614. The summed E-state index contributed by atoms with van der Waals surface area (Å²) in [7, 11) is -3.79. The first-order valence-corrected chi connectivity index (χ1v) is 11.9. The molecule has 0 amide bonds. The number of benzene rings is 1. The van der Waals surface area contributed by atoms with Crippen LogP contribution in [0.2, 0.25) is 0 Å². The van der Waals surface area contributed by atoms with Crippen molar-refractivity contribution in [2.24, 2.45) is 0 Å². The van der Waals surface area contributed by atoms with Crippen molar-refractivity contribution >= 4 is 9.84 Å². The number of nitrogens with one attached hydrogen (secondary N) is 1. The van der Waals surface area contributed by atoms with Gasteiger partial charge in [0.25, 0.3) is 0 Å². The van der Waals surface area contributed by atoms with Gasteiger partial charge in [0.2, 0.25) is 9.84 Å². The highest BCUT2D eigenvalue weighted by Gasteiger charge is 2.53. The molecule has 0 aliphatic carbocycles. The van der Waals surface area contributed by atoms with Crippen LogP contribution in [0, 0.1) is 0 Å². The molecule has 162 valence electrons. The Morgan fingerprint density at radius 1 is 1.10 bits per heavy atom. The SMILES string of the molecule is O=S(=O)(c1ccc(OC(F)F)cc1)C1OC2(CCNCC2)CC1N1CCCCC1. The van der Waals surface area contributed by atoms with E-state index >= 15 is 0 Å². The highest BCUT2D eigenvalue weighted by Crippen LogP contribution is 2.43. The van der Waals surface area contributed by atoms with E-state index in [1.165, 1.54) is 30.7 Å². The molecule has 1 aromatic carbocycles. The average molecular weight is 431 g/mol. The number of ether oxygens (including phenoxy) is 2. The molecule has 1 spiro atoms. The summed E-state index contributed by atoms with van der Waals surface area (Å²) in [6.07, 6.45) is 5.61. The Bertz CT molecular complexity index is 791. The summed E-state index contributed by atoms with van der Waals surface area (Å²) in [5, 5.41) is 3.32. The second-order valence-corrected chi connectivity index (χ2v) is 10.2. The van der Waals surface area contributed by atoms with E-state index in [1.807, 2.05) is 0 Å². The lowest BCUT2D eigenvalue weighted by molar-refractivity contribution is -0.0499. The Labute approximate surface area is 170 Å². The van der Waals surface area contributed by atoms with E-state index in [4.69, 9.17) is 4.74 Å². The predicted molar refractivity (Wildman–Crippen MR) is 104 cm³/mol. The van der Waals surface area contributed by atoms with Crippen molar-refractivity contribution in [3.8, 4) is 5.75 Å². The molecule has 6 nitrogen and oxygen atoms in total. The lowest BCUT2D eigenvalue weighted by atomic mass is 9.87. The number of piperidine rings is 2. The van der Waals surface area contributed by atoms with Crippen LogP contribution in [0.3, 0.4) is 0 Å². The molecule has 9 heteroatoms. The highest BCUT2D eigenvalue weighted by molar-refractivity contribution is 7.92. The lowest BCUT2D eigenvalue weighted by Crippen LogP contribution is -2.46. The normalized spacial score (nSPS) is 28.1. The number of sulfone groups is 1. The number of alkyl halides is 2. The summed E-state index contributed by atoms with van der Waals surface area (Å²) < 4.78 is 62.4. The molecular weight excluding hydrogens is 402 g/mol. The van der Waals surface area contributed by atoms with Crippen molar-refractivity contribution < 1.29 is 26.7 Å². The van der Waals surface area contributed by atoms with E-state index < -0.39 is 27.5 Å². The van der Waals surface area contributed by atoms with Gasteiger partial charge in [-0.05, 0) is 82.5 Å². The second-order valence-electron chi connectivity index (χ2n) is 8.18. The van der Waals surface area contributed by atoms with Crippen LogP contribution in [0.1, 0.15) is 38.5 Å². The third-order valence-electron chi connectivity index (χ3n) is 6.32. The van der Waals surface area contributed by atoms with Crippen molar-refractivity contribution in [3.63, 3.8) is 0 Å². The molecule has 4 rings (SSSR count). The molecule has 1 N–H and O–H groups in total. The quantitative estimate of drug-likeness (QED) is 0.775. The zero-order valence-electron chi connectivity index (χ0n) is 16.4. The zero-order chi connectivity index (χ0) is 20.5. The zero-order valence-corrected chi connectivity index (χ0v) is 17.2. The van der Waals surface area contributed by atoms with Gasteiger partial charge in [-0.1, -0.05) is 6.42 Å². The Morgan fingerprint density at radius 3 is 2.38 bits per heavy atom. The summed E-state index contributed by atoms with van der Waals surface area (Å²) in [6, 6.07) is 5.01. The number of hydrogen-bond acceptors (Lipinski definition) is 6. The number of hydrogen-bond donors (Lipinski definition) is 1. The summed E-state index contributed by atoms with van der Waals surface area (Å²) in [6.45, 7) is 0.461. The van der Waals surface area contributed by atoms with Gasteiger partial charge in [-0.25, -0.2) is 8.42 Å². The monoisotopic (exact) mass is 430 g/mol. The van der Waals surface area contributed by atoms with Crippen LogP contribution in [0.25, 0.3) is 0 Å². The predicted octanol–water partition coefficient (Wildman–Crippen LogP) is 2.78. The summed E-state index contributed by atoms with van der Waals surface area (Å²) in [5.74, 6) is -0.0614. The van der Waals surface area contributed by atoms with Crippen molar-refractivity contribution in [1.82, 2.24) is 10.2 Å². The molecular formula is C20H28F2N2O4S. The van der Waals surface area contributed by atoms with Crippen LogP contribution in [-0.2, 0) is 14.6 Å². The summed E-state index contributed by atoms with van der Waals surface area (Å²) in [5.41, 5.74) is -1.36. The van der Waals surface area contributed by atoms with Gasteiger partial charge in [0.15, 0.2) is 5.44 Å². The number of halogens is 2. The van der Waals surface area contributed by atoms with Gasteiger partial charge in [-0.2, -0.15) is 8.78 Å². The van der Waals surface area contributed by atoms with E-state index in [0.717, 1.165) is 51.9 Å². The van der Waals surface area contributed by atoms with Crippen molar-refractivity contribution in [3.05, 3.63) is 24.3 Å². The molecule has 0 radical (unpaired) electrons. The van der Waals surface area contributed by atoms with Gasteiger partial charge in [0, 0.05) is 0 Å². The van der Waals surface area contributed by atoms with E-state index in [0.29, 0.717) is 6.42 Å². The Morgan fingerprint density at radius 2 is 1.76 bits per heavy atom. The number of nitrogens with zero attached hydrogens (tertiary/aromatic N) is 1. The Balaban J connectivity index is 1.61. The molecule has 29 heavy (non-hydrogen) atoms. The van der Waals surface area contributed by atoms with Crippen molar-refractivity contribution in [2.45, 2.75) is 67.1 Å². The maximum Gasteiger partial charge on any atom is 0.387 e. The topological polar surface area (TPSA) is 67.9 Å². The molecule has 2 atom stereocenters. The molecule has 3 fully saturated rings. The van der Waals surface area contributed by atoms with Gasteiger partial charge in [-0.3, -0.25) is 4.90 Å². The van der Waals surface area contributed by atoms with Gasteiger partial charge in [0.1, 0.15) is 5.75 Å². The number of rotatable bonds is 5. The van der Waals surface area contributed by atoms with E-state index in [9.17, 15) is 17.2 Å². The third kappa shape index (κ3) is 4.42. The van der Waals surface area contributed by atoms with Gasteiger partial charge in [0.05, 0.1) is 16.5 Å². The second kappa shape index (κ2) is 8.45. The Kier molecular flexibility index (Phi) is 6.11. The third-order valence-corrected chi connectivity index (χ3v) is 8.27. The molecule has 3 heterocycles. The van der Waals surface area contributed by atoms with Gasteiger partial charge < -0.3 is 14.8 Å². The fraction of sp³-hybridized carbons (Fsp3) is 0.700. The Hall–Kier alpha value is -1.29. The molecule has 0 saturated carbocycles. The fourth-order valence-corrected chi connectivity index (χ4v) is 6.62. The minimum atomic E-state index is -3.79. The first-order chi connectivity index (χ1) is 13.9.